The Morgan fingerprint density at radius 1 is 1.14 bits per heavy atom. The van der Waals surface area contributed by atoms with Gasteiger partial charge in [-0.3, -0.25) is 4.79 Å². The van der Waals surface area contributed by atoms with Crippen molar-refractivity contribution in [1.82, 2.24) is 14.3 Å². The second kappa shape index (κ2) is 10.0. The minimum Gasteiger partial charge on any atom is -0.343 e. The number of aromatic nitrogens is 2. The Morgan fingerprint density at radius 3 is 2.50 bits per heavy atom. The molecule has 1 aromatic heterocycles. The third kappa shape index (κ3) is 5.31. The molecule has 2 heterocycles. The molecule has 1 aliphatic rings. The van der Waals surface area contributed by atoms with Crippen LogP contribution in [0.4, 0.5) is 5.13 Å². The molecule has 0 radical (unpaired) electrons. The van der Waals surface area contributed by atoms with Gasteiger partial charge in [0.25, 0.3) is 0 Å². The van der Waals surface area contributed by atoms with Crippen LogP contribution in [0.1, 0.15) is 56.5 Å². The van der Waals surface area contributed by atoms with E-state index in [0.717, 1.165) is 69.2 Å². The summed E-state index contributed by atoms with van der Waals surface area (Å²) in [6, 6.07) is 8.54. The summed E-state index contributed by atoms with van der Waals surface area (Å²) >= 11 is 1.47. The third-order valence-electron chi connectivity index (χ3n) is 5.55. The number of carbonyl (C=O) groups excluding carboxylic acids is 1. The number of aryl methyl sites for hydroxylation is 1. The molecule has 6 heteroatoms. The number of benzene rings is 1. The fraction of sp³-hybridized carbons (Fsp3) is 0.591. The van der Waals surface area contributed by atoms with Crippen molar-refractivity contribution in [1.29, 1.82) is 0 Å². The summed E-state index contributed by atoms with van der Waals surface area (Å²) in [7, 11) is 0. The Kier molecular flexibility index (Phi) is 7.43. The molecule has 1 aliphatic heterocycles. The van der Waals surface area contributed by atoms with Gasteiger partial charge in [0.1, 0.15) is 5.82 Å². The Morgan fingerprint density at radius 2 is 1.86 bits per heavy atom. The summed E-state index contributed by atoms with van der Waals surface area (Å²) in [6.45, 7) is 9.67. The number of nitrogens with zero attached hydrogens (tertiary/aromatic N) is 4. The summed E-state index contributed by atoms with van der Waals surface area (Å²) in [4.78, 5) is 21.9. The lowest BCUT2D eigenvalue weighted by Gasteiger charge is -2.36. The van der Waals surface area contributed by atoms with Crippen LogP contribution in [0, 0.1) is 12.8 Å². The molecular weight excluding hydrogens is 368 g/mol. The topological polar surface area (TPSA) is 49.3 Å². The SMILES string of the molecule is CCCC[C@H](CC)C(=O)N1CCN(c2nc(Cc3ccc(C)cc3)ns2)CC1. The highest BCUT2D eigenvalue weighted by Gasteiger charge is 2.27. The van der Waals surface area contributed by atoms with Gasteiger partial charge in [0.2, 0.25) is 11.0 Å². The average Bonchev–Trinajstić information content (AvgIpc) is 3.19. The summed E-state index contributed by atoms with van der Waals surface area (Å²) < 4.78 is 4.55. The predicted octanol–water partition coefficient (Wildman–Crippen LogP) is 4.30. The fourth-order valence-electron chi connectivity index (χ4n) is 3.66. The Hall–Kier alpha value is -1.95. The van der Waals surface area contributed by atoms with Gasteiger partial charge in [-0.15, -0.1) is 0 Å². The zero-order valence-electron chi connectivity index (χ0n) is 17.4. The molecule has 0 bridgehead atoms. The number of unbranched alkanes of at least 4 members (excludes halogenated alkanes) is 1. The van der Waals surface area contributed by atoms with Crippen molar-refractivity contribution in [2.45, 2.75) is 52.9 Å². The highest BCUT2D eigenvalue weighted by molar-refractivity contribution is 7.09. The van der Waals surface area contributed by atoms with Gasteiger partial charge in [0.15, 0.2) is 0 Å². The monoisotopic (exact) mass is 400 g/mol. The molecule has 0 saturated carbocycles. The summed E-state index contributed by atoms with van der Waals surface area (Å²) in [5.74, 6) is 1.41. The van der Waals surface area contributed by atoms with Crippen molar-refractivity contribution in [3.63, 3.8) is 0 Å². The Bertz CT molecular complexity index is 750. The molecule has 152 valence electrons. The molecule has 1 saturated heterocycles. The molecule has 28 heavy (non-hydrogen) atoms. The maximum absolute atomic E-state index is 12.8. The number of hydrogen-bond donors (Lipinski definition) is 0. The Balaban J connectivity index is 1.53. The number of carbonyl (C=O) groups is 1. The molecule has 1 atom stereocenters. The van der Waals surface area contributed by atoms with E-state index >= 15 is 0 Å². The first-order valence-corrected chi connectivity index (χ1v) is 11.3. The van der Waals surface area contributed by atoms with Crippen molar-refractivity contribution in [2.24, 2.45) is 5.92 Å². The zero-order chi connectivity index (χ0) is 19.9. The first-order chi connectivity index (χ1) is 13.6. The van der Waals surface area contributed by atoms with Crippen LogP contribution in [-0.2, 0) is 11.2 Å². The number of amides is 1. The summed E-state index contributed by atoms with van der Waals surface area (Å²) in [5, 5.41) is 0.979. The van der Waals surface area contributed by atoms with Gasteiger partial charge < -0.3 is 9.80 Å². The predicted molar refractivity (Wildman–Crippen MR) is 116 cm³/mol. The van der Waals surface area contributed by atoms with E-state index in [1.807, 2.05) is 0 Å². The van der Waals surface area contributed by atoms with Crippen LogP contribution >= 0.6 is 11.5 Å². The molecule has 0 N–H and O–H groups in total. The van der Waals surface area contributed by atoms with Crippen LogP contribution in [0.5, 0.6) is 0 Å². The van der Waals surface area contributed by atoms with E-state index in [1.54, 1.807) is 0 Å². The van der Waals surface area contributed by atoms with Crippen LogP contribution in [-0.4, -0.2) is 46.3 Å². The van der Waals surface area contributed by atoms with Crippen molar-refractivity contribution < 1.29 is 4.79 Å². The maximum Gasteiger partial charge on any atom is 0.225 e. The van der Waals surface area contributed by atoms with Gasteiger partial charge in [0.05, 0.1) is 0 Å². The number of anilines is 1. The Labute approximate surface area is 172 Å². The highest BCUT2D eigenvalue weighted by Crippen LogP contribution is 2.22. The van der Waals surface area contributed by atoms with Crippen molar-refractivity contribution in [3.8, 4) is 0 Å². The van der Waals surface area contributed by atoms with Crippen LogP contribution in [0.3, 0.4) is 0 Å². The molecular formula is C22H32N4OS. The molecule has 3 rings (SSSR count). The lowest BCUT2D eigenvalue weighted by molar-refractivity contribution is -0.136. The zero-order valence-corrected chi connectivity index (χ0v) is 18.2. The van der Waals surface area contributed by atoms with Gasteiger partial charge >= 0.3 is 0 Å². The molecule has 0 spiro atoms. The second-order valence-corrected chi connectivity index (χ2v) is 8.45. The third-order valence-corrected chi connectivity index (χ3v) is 6.37. The summed E-state index contributed by atoms with van der Waals surface area (Å²) in [6.07, 6.45) is 5.02. The number of piperazine rings is 1. The van der Waals surface area contributed by atoms with Crippen LogP contribution in [0.25, 0.3) is 0 Å². The van der Waals surface area contributed by atoms with Gasteiger partial charge in [-0.05, 0) is 25.3 Å². The molecule has 1 fully saturated rings. The van der Waals surface area contributed by atoms with Gasteiger partial charge in [-0.1, -0.05) is 56.5 Å². The van der Waals surface area contributed by atoms with Crippen molar-refractivity contribution >= 4 is 22.6 Å². The van der Waals surface area contributed by atoms with E-state index in [1.165, 1.54) is 22.7 Å². The molecule has 0 unspecified atom stereocenters. The minimum atomic E-state index is 0.189. The number of rotatable bonds is 8. The second-order valence-electron chi connectivity index (χ2n) is 7.72. The van der Waals surface area contributed by atoms with E-state index in [2.05, 4.69) is 59.2 Å². The largest absolute Gasteiger partial charge is 0.343 e. The summed E-state index contributed by atoms with van der Waals surface area (Å²) in [5.41, 5.74) is 2.51. The smallest absolute Gasteiger partial charge is 0.225 e. The van der Waals surface area contributed by atoms with Crippen LogP contribution in [0.15, 0.2) is 24.3 Å². The maximum atomic E-state index is 12.8. The van der Waals surface area contributed by atoms with Crippen LogP contribution < -0.4 is 4.90 Å². The van der Waals surface area contributed by atoms with Gasteiger partial charge in [-0.2, -0.15) is 4.37 Å². The highest BCUT2D eigenvalue weighted by atomic mass is 32.1. The van der Waals surface area contributed by atoms with E-state index in [4.69, 9.17) is 4.98 Å². The first kappa shape index (κ1) is 20.8. The molecule has 5 nitrogen and oxygen atoms in total. The standard InChI is InChI=1S/C22H32N4OS/c1-4-6-7-19(5-2)21(27)25-12-14-26(15-13-25)22-23-20(24-28-22)16-18-10-8-17(3)9-11-18/h8-11,19H,4-7,12-16H2,1-3H3/t19-/m0/s1. The molecule has 1 aromatic carbocycles. The minimum absolute atomic E-state index is 0.189. The van der Waals surface area contributed by atoms with E-state index in [9.17, 15) is 4.79 Å². The first-order valence-electron chi connectivity index (χ1n) is 10.5. The lowest BCUT2D eigenvalue weighted by atomic mass is 9.97. The molecule has 2 aromatic rings. The van der Waals surface area contributed by atoms with E-state index < -0.39 is 0 Å². The average molecular weight is 401 g/mol. The fourth-order valence-corrected chi connectivity index (χ4v) is 4.40. The van der Waals surface area contributed by atoms with Crippen molar-refractivity contribution in [2.75, 3.05) is 31.1 Å². The van der Waals surface area contributed by atoms with Gasteiger partial charge in [-0.25, -0.2) is 4.98 Å². The van der Waals surface area contributed by atoms with E-state index in [0.29, 0.717) is 5.91 Å². The molecule has 0 aliphatic carbocycles. The van der Waals surface area contributed by atoms with Crippen molar-refractivity contribution in [3.05, 3.63) is 41.2 Å². The van der Waals surface area contributed by atoms with Crippen LogP contribution in [0.2, 0.25) is 0 Å². The quantitative estimate of drug-likeness (QED) is 0.663. The number of hydrogen-bond acceptors (Lipinski definition) is 5. The lowest BCUT2D eigenvalue weighted by Crippen LogP contribution is -2.50. The normalized spacial score (nSPS) is 15.7. The van der Waals surface area contributed by atoms with E-state index in [-0.39, 0.29) is 5.92 Å². The molecule has 1 amide bonds. The van der Waals surface area contributed by atoms with Gasteiger partial charge in [0, 0.05) is 50.1 Å².